The molecule has 2 aromatic rings. The normalized spacial score (nSPS) is 12.3. The SMILES string of the molecule is COC(=O)/C(=C(/F)N(Cc1ccccc1)Cc1ccccc1)C(F)(F)F. The Labute approximate surface area is 148 Å². The van der Waals surface area contributed by atoms with E-state index in [1.807, 2.05) is 0 Å². The fourth-order valence-corrected chi connectivity index (χ4v) is 2.38. The maximum Gasteiger partial charge on any atom is 0.427 e. The zero-order valence-electron chi connectivity index (χ0n) is 14.0. The molecule has 0 aliphatic carbocycles. The molecule has 0 bridgehead atoms. The highest BCUT2D eigenvalue weighted by molar-refractivity contribution is 5.90. The molecule has 0 atom stereocenters. The van der Waals surface area contributed by atoms with Crippen molar-refractivity contribution in [2.24, 2.45) is 0 Å². The van der Waals surface area contributed by atoms with E-state index in [-0.39, 0.29) is 13.1 Å². The van der Waals surface area contributed by atoms with E-state index >= 15 is 0 Å². The van der Waals surface area contributed by atoms with Crippen LogP contribution in [0.1, 0.15) is 11.1 Å². The van der Waals surface area contributed by atoms with Gasteiger partial charge in [-0.2, -0.15) is 17.6 Å². The second kappa shape index (κ2) is 8.51. The summed E-state index contributed by atoms with van der Waals surface area (Å²) in [7, 11) is 0.778. The van der Waals surface area contributed by atoms with Gasteiger partial charge in [0.2, 0.25) is 5.95 Å². The van der Waals surface area contributed by atoms with E-state index in [2.05, 4.69) is 4.74 Å². The van der Waals surface area contributed by atoms with Gasteiger partial charge in [-0.05, 0) is 11.1 Å². The monoisotopic (exact) mass is 367 g/mol. The van der Waals surface area contributed by atoms with E-state index < -0.39 is 23.7 Å². The van der Waals surface area contributed by atoms with Crippen LogP contribution in [0.3, 0.4) is 0 Å². The Hall–Kier alpha value is -2.83. The highest BCUT2D eigenvalue weighted by Crippen LogP contribution is 2.32. The number of esters is 1. The Kier molecular flexibility index (Phi) is 6.38. The molecule has 0 amide bonds. The molecule has 0 N–H and O–H groups in total. The van der Waals surface area contributed by atoms with E-state index in [1.54, 1.807) is 60.7 Å². The molecule has 0 saturated carbocycles. The molecular formula is C19H17F4NO2. The smallest absolute Gasteiger partial charge is 0.427 e. The quantitative estimate of drug-likeness (QED) is 0.323. The van der Waals surface area contributed by atoms with Crippen LogP contribution in [-0.4, -0.2) is 24.2 Å². The molecule has 0 radical (unpaired) electrons. The first-order valence-electron chi connectivity index (χ1n) is 7.71. The van der Waals surface area contributed by atoms with Gasteiger partial charge < -0.3 is 9.64 Å². The minimum Gasteiger partial charge on any atom is -0.465 e. The van der Waals surface area contributed by atoms with E-state index in [0.29, 0.717) is 11.1 Å². The number of benzene rings is 2. The summed E-state index contributed by atoms with van der Waals surface area (Å²) in [6, 6.07) is 16.9. The number of hydrogen-bond donors (Lipinski definition) is 0. The first-order chi connectivity index (χ1) is 12.3. The van der Waals surface area contributed by atoms with Gasteiger partial charge in [-0.25, -0.2) is 4.79 Å². The molecule has 0 aliphatic heterocycles. The Morgan fingerprint density at radius 1 is 0.923 bits per heavy atom. The van der Waals surface area contributed by atoms with E-state index in [1.165, 1.54) is 0 Å². The molecule has 2 aromatic carbocycles. The number of carbonyl (C=O) groups excluding carboxylic acids is 1. The van der Waals surface area contributed by atoms with Crippen LogP contribution in [0.25, 0.3) is 0 Å². The van der Waals surface area contributed by atoms with Crippen molar-refractivity contribution in [2.45, 2.75) is 19.3 Å². The molecule has 26 heavy (non-hydrogen) atoms. The van der Waals surface area contributed by atoms with Gasteiger partial charge in [0.1, 0.15) is 0 Å². The van der Waals surface area contributed by atoms with Crippen LogP contribution in [-0.2, 0) is 22.6 Å². The topological polar surface area (TPSA) is 29.5 Å². The second-order valence-electron chi connectivity index (χ2n) is 5.48. The molecule has 0 aromatic heterocycles. The van der Waals surface area contributed by atoms with Gasteiger partial charge in [0, 0.05) is 13.1 Å². The molecule has 0 spiro atoms. The van der Waals surface area contributed by atoms with Crippen molar-refractivity contribution in [2.75, 3.05) is 7.11 Å². The Balaban J connectivity index is 2.46. The van der Waals surface area contributed by atoms with Gasteiger partial charge >= 0.3 is 12.1 Å². The fourth-order valence-electron chi connectivity index (χ4n) is 2.38. The van der Waals surface area contributed by atoms with Gasteiger partial charge in [0.25, 0.3) is 0 Å². The average molecular weight is 367 g/mol. The molecule has 3 nitrogen and oxygen atoms in total. The van der Waals surface area contributed by atoms with E-state index in [4.69, 9.17) is 0 Å². The maximum absolute atomic E-state index is 14.8. The molecule has 7 heteroatoms. The number of rotatable bonds is 6. The highest BCUT2D eigenvalue weighted by atomic mass is 19.4. The largest absolute Gasteiger partial charge is 0.465 e. The highest BCUT2D eigenvalue weighted by Gasteiger charge is 2.44. The van der Waals surface area contributed by atoms with Crippen LogP contribution in [0.15, 0.2) is 72.2 Å². The number of ether oxygens (including phenoxy) is 1. The number of hydrogen-bond acceptors (Lipinski definition) is 3. The van der Waals surface area contributed by atoms with Crippen molar-refractivity contribution in [3.8, 4) is 0 Å². The maximum atomic E-state index is 14.8. The molecule has 0 saturated heterocycles. The lowest BCUT2D eigenvalue weighted by atomic mass is 10.1. The standard InChI is InChI=1S/C19H17F4NO2/c1-26-18(25)16(19(21,22)23)17(20)24(12-14-8-4-2-5-9-14)13-15-10-6-3-7-11-15/h2-11H,12-13H2,1H3/b17-16+. The first kappa shape index (κ1) is 19.5. The van der Waals surface area contributed by atoms with E-state index in [0.717, 1.165) is 12.0 Å². The Morgan fingerprint density at radius 2 is 1.35 bits per heavy atom. The first-order valence-corrected chi connectivity index (χ1v) is 7.71. The van der Waals surface area contributed by atoms with Gasteiger partial charge in [-0.1, -0.05) is 60.7 Å². The fraction of sp³-hybridized carbons (Fsp3) is 0.211. The number of halogens is 4. The summed E-state index contributed by atoms with van der Waals surface area (Å²) in [6.07, 6.45) is -5.18. The summed E-state index contributed by atoms with van der Waals surface area (Å²) >= 11 is 0. The van der Waals surface area contributed by atoms with Crippen LogP contribution < -0.4 is 0 Å². The number of carbonyl (C=O) groups is 1. The lowest BCUT2D eigenvalue weighted by Crippen LogP contribution is -2.29. The number of methoxy groups -OCH3 is 1. The Morgan fingerprint density at radius 3 is 1.69 bits per heavy atom. The predicted molar refractivity (Wildman–Crippen MR) is 88.3 cm³/mol. The summed E-state index contributed by atoms with van der Waals surface area (Å²) in [4.78, 5) is 12.4. The number of nitrogens with zero attached hydrogens (tertiary/aromatic N) is 1. The molecular weight excluding hydrogens is 350 g/mol. The third-order valence-electron chi connectivity index (χ3n) is 3.59. The van der Waals surface area contributed by atoms with Crippen LogP contribution in [0.5, 0.6) is 0 Å². The molecule has 0 fully saturated rings. The summed E-state index contributed by atoms with van der Waals surface area (Å²) < 4.78 is 58.6. The van der Waals surface area contributed by atoms with Gasteiger partial charge in [-0.15, -0.1) is 0 Å². The lowest BCUT2D eigenvalue weighted by molar-refractivity contribution is -0.149. The van der Waals surface area contributed by atoms with Crippen molar-refractivity contribution in [3.63, 3.8) is 0 Å². The molecule has 0 aliphatic rings. The van der Waals surface area contributed by atoms with Gasteiger partial charge in [0.15, 0.2) is 5.57 Å². The van der Waals surface area contributed by atoms with Crippen molar-refractivity contribution < 1.29 is 27.1 Å². The van der Waals surface area contributed by atoms with Crippen molar-refractivity contribution in [1.82, 2.24) is 4.90 Å². The van der Waals surface area contributed by atoms with Crippen LogP contribution in [0.4, 0.5) is 17.6 Å². The minimum absolute atomic E-state index is 0.141. The second-order valence-corrected chi connectivity index (χ2v) is 5.48. The van der Waals surface area contributed by atoms with Crippen molar-refractivity contribution in [1.29, 1.82) is 0 Å². The van der Waals surface area contributed by atoms with E-state index in [9.17, 15) is 22.4 Å². The van der Waals surface area contributed by atoms with Crippen molar-refractivity contribution >= 4 is 5.97 Å². The molecule has 138 valence electrons. The van der Waals surface area contributed by atoms with Gasteiger partial charge in [0.05, 0.1) is 7.11 Å². The average Bonchev–Trinajstić information content (AvgIpc) is 2.61. The third-order valence-corrected chi connectivity index (χ3v) is 3.59. The summed E-state index contributed by atoms with van der Waals surface area (Å²) in [5.74, 6) is -3.43. The Bertz CT molecular complexity index is 717. The summed E-state index contributed by atoms with van der Waals surface area (Å²) in [5.41, 5.74) is -0.748. The summed E-state index contributed by atoms with van der Waals surface area (Å²) in [6.45, 7) is -0.281. The van der Waals surface area contributed by atoms with Gasteiger partial charge in [-0.3, -0.25) is 0 Å². The third kappa shape index (κ3) is 5.08. The zero-order chi connectivity index (χ0) is 19.2. The molecule has 0 heterocycles. The van der Waals surface area contributed by atoms with Crippen LogP contribution >= 0.6 is 0 Å². The van der Waals surface area contributed by atoms with Crippen LogP contribution in [0.2, 0.25) is 0 Å². The van der Waals surface area contributed by atoms with Crippen molar-refractivity contribution in [3.05, 3.63) is 83.3 Å². The zero-order valence-corrected chi connectivity index (χ0v) is 14.0. The molecule has 0 unspecified atom stereocenters. The lowest BCUT2D eigenvalue weighted by Gasteiger charge is -2.25. The minimum atomic E-state index is -5.18. The predicted octanol–water partition coefficient (Wildman–Crippen LogP) is 4.61. The number of alkyl halides is 3. The summed E-state index contributed by atoms with van der Waals surface area (Å²) in [5, 5.41) is 0. The molecule has 2 rings (SSSR count). The van der Waals surface area contributed by atoms with Crippen LogP contribution in [0, 0.1) is 0 Å².